The van der Waals surface area contributed by atoms with E-state index in [9.17, 15) is 14.4 Å². The molecule has 156 valence electrons. The number of ketones is 1. The predicted octanol–water partition coefficient (Wildman–Crippen LogP) is 5.02. The number of carboxylic acids is 1. The lowest BCUT2D eigenvalue weighted by atomic mass is 9.90. The molecule has 0 aromatic carbocycles. The molecular weight excluding hydrogens is 356 g/mol. The van der Waals surface area contributed by atoms with Crippen LogP contribution in [-0.4, -0.2) is 28.9 Å². The Kier molecular flexibility index (Phi) is 11.9. The molecule has 0 fully saturated rings. The van der Waals surface area contributed by atoms with Gasteiger partial charge in [-0.2, -0.15) is 0 Å². The molecule has 5 heteroatoms. The summed E-state index contributed by atoms with van der Waals surface area (Å²) < 4.78 is 5.50. The Morgan fingerprint density at radius 3 is 2.68 bits per heavy atom. The van der Waals surface area contributed by atoms with Crippen molar-refractivity contribution in [3.05, 3.63) is 36.5 Å². The van der Waals surface area contributed by atoms with Gasteiger partial charge in [-0.15, -0.1) is 0 Å². The van der Waals surface area contributed by atoms with Crippen molar-refractivity contribution in [3.63, 3.8) is 0 Å². The number of hydrogen-bond acceptors (Lipinski definition) is 4. The van der Waals surface area contributed by atoms with Crippen molar-refractivity contribution in [1.29, 1.82) is 0 Å². The van der Waals surface area contributed by atoms with Crippen LogP contribution >= 0.6 is 0 Å². The second kappa shape index (κ2) is 13.9. The first-order chi connectivity index (χ1) is 13.5. The van der Waals surface area contributed by atoms with E-state index in [1.54, 1.807) is 13.0 Å². The topological polar surface area (TPSA) is 80.7 Å². The average molecular weight is 391 g/mol. The van der Waals surface area contributed by atoms with Crippen molar-refractivity contribution in [2.24, 2.45) is 11.8 Å². The van der Waals surface area contributed by atoms with Crippen LogP contribution in [-0.2, 0) is 19.1 Å². The van der Waals surface area contributed by atoms with Crippen molar-refractivity contribution >= 4 is 17.7 Å². The second-order valence-electron chi connectivity index (χ2n) is 7.21. The van der Waals surface area contributed by atoms with Crippen molar-refractivity contribution in [1.82, 2.24) is 0 Å². The first kappa shape index (κ1) is 23.9. The quantitative estimate of drug-likeness (QED) is 0.256. The Bertz CT molecular complexity index is 588. The minimum Gasteiger partial charge on any atom is -0.481 e. The third-order valence-electron chi connectivity index (χ3n) is 4.83. The summed E-state index contributed by atoms with van der Waals surface area (Å²) in [6, 6.07) is 0. The van der Waals surface area contributed by atoms with Crippen LogP contribution in [0.3, 0.4) is 0 Å². The molecule has 0 saturated heterocycles. The molecule has 0 saturated carbocycles. The van der Waals surface area contributed by atoms with Crippen LogP contribution < -0.4 is 0 Å². The molecule has 28 heavy (non-hydrogen) atoms. The van der Waals surface area contributed by atoms with Crippen LogP contribution in [0.2, 0.25) is 0 Å². The Hall–Kier alpha value is -2.17. The molecule has 1 N–H and O–H groups in total. The number of rotatable bonds is 14. The summed E-state index contributed by atoms with van der Waals surface area (Å²) in [6.45, 7) is 3.91. The van der Waals surface area contributed by atoms with E-state index in [4.69, 9.17) is 9.84 Å². The fourth-order valence-corrected chi connectivity index (χ4v) is 3.15. The van der Waals surface area contributed by atoms with Gasteiger partial charge in [0, 0.05) is 18.8 Å². The van der Waals surface area contributed by atoms with E-state index in [0.29, 0.717) is 12.8 Å². The number of esters is 1. The highest BCUT2D eigenvalue weighted by Crippen LogP contribution is 2.28. The number of carbonyl (C=O) groups is 3. The average Bonchev–Trinajstić information content (AvgIpc) is 3.01. The molecule has 1 aliphatic carbocycles. The Labute approximate surface area is 168 Å². The zero-order valence-electron chi connectivity index (χ0n) is 17.1. The Morgan fingerprint density at radius 2 is 2.00 bits per heavy atom. The first-order valence-electron chi connectivity index (χ1n) is 10.4. The standard InChI is InChI=1S/C23H34O5/c1-3-5-8-12-19(28-23(27)4-2)15-16-20-18(14-17-21(20)24)11-9-6-7-10-13-22(25)26/h6,9,14-20H,3-5,7-8,10-13H2,1-2H3,(H,25,26)/b9-6-,16-15+/t18-,19-,20+/m0/s1. The molecule has 1 aliphatic rings. The van der Waals surface area contributed by atoms with E-state index in [1.807, 2.05) is 30.4 Å². The summed E-state index contributed by atoms with van der Waals surface area (Å²) in [4.78, 5) is 34.4. The molecule has 5 nitrogen and oxygen atoms in total. The van der Waals surface area contributed by atoms with Crippen LogP contribution in [0.15, 0.2) is 36.5 Å². The lowest BCUT2D eigenvalue weighted by Crippen LogP contribution is -2.18. The molecule has 0 bridgehead atoms. The minimum absolute atomic E-state index is 0.0784. The number of allylic oxidation sites excluding steroid dienone is 5. The molecule has 3 atom stereocenters. The van der Waals surface area contributed by atoms with Gasteiger partial charge in [-0.05, 0) is 50.2 Å². The molecule has 0 aromatic rings. The van der Waals surface area contributed by atoms with Crippen molar-refractivity contribution in [2.75, 3.05) is 0 Å². The number of unbranched alkanes of at least 4 members (excludes halogenated alkanes) is 3. The largest absolute Gasteiger partial charge is 0.481 e. The normalized spacial score (nSPS) is 20.3. The number of aliphatic carboxylic acids is 1. The predicted molar refractivity (Wildman–Crippen MR) is 110 cm³/mol. The van der Waals surface area contributed by atoms with E-state index in [0.717, 1.165) is 38.5 Å². The van der Waals surface area contributed by atoms with Gasteiger partial charge in [0.1, 0.15) is 6.10 Å². The van der Waals surface area contributed by atoms with Crippen molar-refractivity contribution in [2.45, 2.75) is 77.7 Å². The highest BCUT2D eigenvalue weighted by atomic mass is 16.5. The van der Waals surface area contributed by atoms with Gasteiger partial charge in [0.2, 0.25) is 0 Å². The molecule has 0 unspecified atom stereocenters. The smallest absolute Gasteiger partial charge is 0.306 e. The van der Waals surface area contributed by atoms with E-state index in [1.165, 1.54) is 0 Å². The Morgan fingerprint density at radius 1 is 1.21 bits per heavy atom. The lowest BCUT2D eigenvalue weighted by molar-refractivity contribution is -0.146. The monoisotopic (exact) mass is 390 g/mol. The SMILES string of the molecule is CCCCC[C@@H](/C=C/[C@H]1C(=O)C=C[C@@H]1C/C=C\CCCC(=O)O)OC(=O)CC. The maximum Gasteiger partial charge on any atom is 0.306 e. The van der Waals surface area contributed by atoms with E-state index >= 15 is 0 Å². The van der Waals surface area contributed by atoms with Crippen molar-refractivity contribution in [3.8, 4) is 0 Å². The van der Waals surface area contributed by atoms with E-state index in [-0.39, 0.29) is 36.1 Å². The van der Waals surface area contributed by atoms with Gasteiger partial charge < -0.3 is 9.84 Å². The lowest BCUT2D eigenvalue weighted by Gasteiger charge is -2.16. The van der Waals surface area contributed by atoms with E-state index < -0.39 is 5.97 Å². The minimum atomic E-state index is -0.778. The summed E-state index contributed by atoms with van der Waals surface area (Å²) in [7, 11) is 0. The maximum absolute atomic E-state index is 12.2. The zero-order chi connectivity index (χ0) is 20.8. The summed E-state index contributed by atoms with van der Waals surface area (Å²) in [5, 5.41) is 8.64. The van der Waals surface area contributed by atoms with E-state index in [2.05, 4.69) is 6.92 Å². The fourth-order valence-electron chi connectivity index (χ4n) is 3.15. The van der Waals surface area contributed by atoms with Gasteiger partial charge in [0.15, 0.2) is 5.78 Å². The van der Waals surface area contributed by atoms with Gasteiger partial charge >= 0.3 is 11.9 Å². The molecule has 0 spiro atoms. The second-order valence-corrected chi connectivity index (χ2v) is 7.21. The van der Waals surface area contributed by atoms with Crippen LogP contribution in [0.5, 0.6) is 0 Å². The molecular formula is C23H34O5. The van der Waals surface area contributed by atoms with Gasteiger partial charge in [-0.25, -0.2) is 0 Å². The highest BCUT2D eigenvalue weighted by molar-refractivity contribution is 5.95. The van der Waals surface area contributed by atoms with Crippen LogP contribution in [0.1, 0.15) is 71.6 Å². The molecule has 0 aliphatic heterocycles. The number of hydrogen-bond donors (Lipinski definition) is 1. The number of carbonyl (C=O) groups excluding carboxylic acids is 2. The molecule has 0 radical (unpaired) electrons. The Balaban J connectivity index is 2.59. The van der Waals surface area contributed by atoms with Gasteiger partial charge in [-0.1, -0.05) is 51.0 Å². The highest BCUT2D eigenvalue weighted by Gasteiger charge is 2.27. The van der Waals surface area contributed by atoms with Crippen molar-refractivity contribution < 1.29 is 24.2 Å². The van der Waals surface area contributed by atoms with Gasteiger partial charge in [-0.3, -0.25) is 14.4 Å². The molecule has 0 heterocycles. The summed E-state index contributed by atoms with van der Waals surface area (Å²) in [5.41, 5.74) is 0. The number of carboxylic acid groups (broad SMARTS) is 1. The fraction of sp³-hybridized carbons (Fsp3) is 0.609. The molecule has 1 rings (SSSR count). The summed E-state index contributed by atoms with van der Waals surface area (Å²) >= 11 is 0. The zero-order valence-corrected chi connectivity index (χ0v) is 17.1. The van der Waals surface area contributed by atoms with Crippen LogP contribution in [0, 0.1) is 11.8 Å². The third-order valence-corrected chi connectivity index (χ3v) is 4.83. The summed E-state index contributed by atoms with van der Waals surface area (Å²) in [6.07, 6.45) is 17.6. The van der Waals surface area contributed by atoms with Crippen LogP contribution in [0.25, 0.3) is 0 Å². The first-order valence-corrected chi connectivity index (χ1v) is 10.4. The molecule has 0 aromatic heterocycles. The van der Waals surface area contributed by atoms with Gasteiger partial charge in [0.05, 0.1) is 0 Å². The number of ether oxygens (including phenoxy) is 1. The maximum atomic E-state index is 12.2. The molecule has 0 amide bonds. The van der Waals surface area contributed by atoms with Crippen LogP contribution in [0.4, 0.5) is 0 Å². The summed E-state index contributed by atoms with van der Waals surface area (Å²) in [5.74, 6) is -1.05. The van der Waals surface area contributed by atoms with Gasteiger partial charge in [0.25, 0.3) is 0 Å². The third kappa shape index (κ3) is 9.67.